The van der Waals surface area contributed by atoms with Crippen molar-refractivity contribution < 1.29 is 18.6 Å². The van der Waals surface area contributed by atoms with Gasteiger partial charge in [0.15, 0.2) is 0 Å². The number of hydrogen-bond donors (Lipinski definition) is 0. The Bertz CT molecular complexity index is 146. The first-order chi connectivity index (χ1) is 4.93. The second kappa shape index (κ2) is 9.80. The molecule has 0 unspecified atom stereocenters. The van der Waals surface area contributed by atoms with Gasteiger partial charge < -0.3 is 0 Å². The third kappa shape index (κ3) is 6.21. The Kier molecular flexibility index (Phi) is 11.9. The molecule has 1 heteroatoms. The zero-order chi connectivity index (χ0) is 7.82. The van der Waals surface area contributed by atoms with Crippen LogP contribution in [0.5, 0.6) is 0 Å². The fraction of sp³-hybridized carbons (Fsp3) is 0.400. The van der Waals surface area contributed by atoms with Gasteiger partial charge in [0, 0.05) is 18.6 Å². The van der Waals surface area contributed by atoms with Crippen LogP contribution in [0.15, 0.2) is 30.3 Å². The molecule has 1 rings (SSSR count). The van der Waals surface area contributed by atoms with Crippen LogP contribution in [0, 0.1) is 0 Å². The summed E-state index contributed by atoms with van der Waals surface area (Å²) in [6.45, 7) is 6.16. The van der Waals surface area contributed by atoms with Crippen LogP contribution in [-0.2, 0) is 25.0 Å². The van der Waals surface area contributed by atoms with Gasteiger partial charge in [-0.3, -0.25) is 0 Å². The van der Waals surface area contributed by atoms with Crippen LogP contribution >= 0.6 is 0 Å². The zero-order valence-corrected chi connectivity index (χ0v) is 8.94. The van der Waals surface area contributed by atoms with Gasteiger partial charge in [-0.05, 0) is 12.0 Å². The van der Waals surface area contributed by atoms with Crippen molar-refractivity contribution in [3.8, 4) is 0 Å². The van der Waals surface area contributed by atoms with E-state index in [0.717, 1.165) is 6.42 Å². The van der Waals surface area contributed by atoms with Crippen molar-refractivity contribution in [1.82, 2.24) is 0 Å². The van der Waals surface area contributed by atoms with Crippen molar-refractivity contribution in [2.75, 3.05) is 0 Å². The van der Waals surface area contributed by atoms with Gasteiger partial charge in [0.1, 0.15) is 0 Å². The first-order valence-corrected chi connectivity index (χ1v) is 3.97. The predicted octanol–water partition coefficient (Wildman–Crippen LogP) is 3.27. The quantitative estimate of drug-likeness (QED) is 0.633. The molecule has 1 radical (unpaired) electrons. The molecule has 0 amide bonds. The second-order valence-electron chi connectivity index (χ2n) is 1.84. The van der Waals surface area contributed by atoms with Gasteiger partial charge in [-0.25, -0.2) is 0 Å². The molecule has 0 bridgehead atoms. The van der Waals surface area contributed by atoms with Gasteiger partial charge in [-0.15, -0.1) is 0 Å². The van der Waals surface area contributed by atoms with E-state index in [9.17, 15) is 0 Å². The van der Waals surface area contributed by atoms with Gasteiger partial charge in [0.05, 0.1) is 0 Å². The monoisotopic (exact) mass is 187 g/mol. The summed E-state index contributed by atoms with van der Waals surface area (Å²) in [5.41, 5.74) is 1.41. The first kappa shape index (κ1) is 13.4. The molecule has 0 aliphatic rings. The smallest absolute Gasteiger partial charge is 0 e. The molecule has 0 aliphatic heterocycles. The Morgan fingerprint density at radius 3 is 1.73 bits per heavy atom. The van der Waals surface area contributed by atoms with Crippen molar-refractivity contribution in [3.63, 3.8) is 0 Å². The van der Waals surface area contributed by atoms with E-state index < -0.39 is 0 Å². The van der Waals surface area contributed by atoms with Gasteiger partial charge in [-0.1, -0.05) is 51.1 Å². The van der Waals surface area contributed by atoms with Crippen molar-refractivity contribution in [3.05, 3.63) is 35.9 Å². The van der Waals surface area contributed by atoms with Crippen LogP contribution in [0.3, 0.4) is 0 Å². The minimum atomic E-state index is 0. The summed E-state index contributed by atoms with van der Waals surface area (Å²) in [6.07, 6.45) is 1.14. The molecule has 0 saturated carbocycles. The number of rotatable bonds is 1. The Hall–Kier alpha value is -0.196. The minimum Gasteiger partial charge on any atom is -0.0683 e. The average molecular weight is 187 g/mol. The predicted molar refractivity (Wildman–Crippen MR) is 47.2 cm³/mol. The topological polar surface area (TPSA) is 0 Å². The minimum absolute atomic E-state index is 0. The van der Waals surface area contributed by atoms with Crippen molar-refractivity contribution >= 4 is 0 Å². The molecule has 0 nitrogen and oxygen atoms in total. The summed E-state index contributed by atoms with van der Waals surface area (Å²) < 4.78 is 0. The van der Waals surface area contributed by atoms with Crippen molar-refractivity contribution in [1.29, 1.82) is 0 Å². The second-order valence-corrected chi connectivity index (χ2v) is 1.84. The largest absolute Gasteiger partial charge is 0.0683 e. The Balaban J connectivity index is 0. The van der Waals surface area contributed by atoms with Crippen LogP contribution in [-0.4, -0.2) is 0 Å². The molecule has 11 heavy (non-hydrogen) atoms. The summed E-state index contributed by atoms with van der Waals surface area (Å²) in [5.74, 6) is 0. The van der Waals surface area contributed by atoms with Gasteiger partial charge >= 0.3 is 0 Å². The molecular formula is C10H16V. The van der Waals surface area contributed by atoms with Crippen LogP contribution in [0.4, 0.5) is 0 Å². The normalized spacial score (nSPS) is 7.18. The van der Waals surface area contributed by atoms with E-state index in [0.29, 0.717) is 0 Å². The third-order valence-corrected chi connectivity index (χ3v) is 1.25. The zero-order valence-electron chi connectivity index (χ0n) is 7.54. The Labute approximate surface area is 81.9 Å². The molecule has 61 valence electrons. The fourth-order valence-electron chi connectivity index (χ4n) is 0.714. The van der Waals surface area contributed by atoms with Crippen molar-refractivity contribution in [2.24, 2.45) is 0 Å². The summed E-state index contributed by atoms with van der Waals surface area (Å²) in [7, 11) is 0. The van der Waals surface area contributed by atoms with E-state index in [1.807, 2.05) is 19.9 Å². The molecule has 1 aromatic carbocycles. The summed E-state index contributed by atoms with van der Waals surface area (Å²) in [6, 6.07) is 10.5. The molecule has 0 atom stereocenters. The van der Waals surface area contributed by atoms with Gasteiger partial charge in [0.25, 0.3) is 0 Å². The maximum Gasteiger partial charge on any atom is 0 e. The molecule has 0 N–H and O–H groups in total. The third-order valence-electron chi connectivity index (χ3n) is 1.25. The molecule has 0 aliphatic carbocycles. The van der Waals surface area contributed by atoms with E-state index in [1.54, 1.807) is 0 Å². The molecule has 0 aromatic heterocycles. The van der Waals surface area contributed by atoms with Gasteiger partial charge in [-0.2, -0.15) is 0 Å². The van der Waals surface area contributed by atoms with E-state index in [1.165, 1.54) is 5.56 Å². The Morgan fingerprint density at radius 1 is 1.00 bits per heavy atom. The van der Waals surface area contributed by atoms with E-state index in [-0.39, 0.29) is 18.6 Å². The molecule has 0 spiro atoms. The molecule has 0 heterocycles. The standard InChI is InChI=1S/C8H10.C2H6.V/c1-2-8-6-4-3-5-7-8;1-2;/h3-7H,2H2,1H3;1-2H3;. The maximum atomic E-state index is 2.16. The van der Waals surface area contributed by atoms with E-state index in [2.05, 4.69) is 31.2 Å². The Morgan fingerprint density at radius 2 is 1.45 bits per heavy atom. The first-order valence-electron chi connectivity index (χ1n) is 3.97. The van der Waals surface area contributed by atoms with Crippen LogP contribution in [0.2, 0.25) is 0 Å². The van der Waals surface area contributed by atoms with Gasteiger partial charge in [0.2, 0.25) is 0 Å². The summed E-state index contributed by atoms with van der Waals surface area (Å²) >= 11 is 0. The van der Waals surface area contributed by atoms with E-state index in [4.69, 9.17) is 0 Å². The van der Waals surface area contributed by atoms with Crippen LogP contribution in [0.1, 0.15) is 26.3 Å². The summed E-state index contributed by atoms with van der Waals surface area (Å²) in [4.78, 5) is 0. The molecule has 0 fully saturated rings. The van der Waals surface area contributed by atoms with Crippen LogP contribution in [0.25, 0.3) is 0 Å². The SMILES string of the molecule is CC.CCc1ccccc1.[V]. The molecular weight excluding hydrogens is 171 g/mol. The molecule has 0 saturated heterocycles. The van der Waals surface area contributed by atoms with Crippen LogP contribution < -0.4 is 0 Å². The number of aryl methyl sites for hydroxylation is 1. The number of benzene rings is 1. The summed E-state index contributed by atoms with van der Waals surface area (Å²) in [5, 5.41) is 0. The van der Waals surface area contributed by atoms with E-state index >= 15 is 0 Å². The van der Waals surface area contributed by atoms with Crippen molar-refractivity contribution in [2.45, 2.75) is 27.2 Å². The average Bonchev–Trinajstić information content (AvgIpc) is 2.10. The maximum absolute atomic E-state index is 2.16. The molecule has 1 aromatic rings. The fourth-order valence-corrected chi connectivity index (χ4v) is 0.714. The number of hydrogen-bond acceptors (Lipinski definition) is 0.